The molecular formula is C66H61BN2. The van der Waals surface area contributed by atoms with Gasteiger partial charge in [0, 0.05) is 60.7 Å². The lowest BCUT2D eigenvalue weighted by Crippen LogP contribution is -2.53. The molecule has 0 spiro atoms. The van der Waals surface area contributed by atoms with Gasteiger partial charge in [0.05, 0.1) is 5.69 Å². The second-order valence-electron chi connectivity index (χ2n) is 24.7. The summed E-state index contributed by atoms with van der Waals surface area (Å²) >= 11 is 0. The maximum atomic E-state index is 2.85. The van der Waals surface area contributed by atoms with Crippen LogP contribution in [0.4, 0.5) is 11.4 Å². The van der Waals surface area contributed by atoms with Crippen LogP contribution in [0.1, 0.15) is 128 Å². The zero-order valence-corrected chi connectivity index (χ0v) is 42.2. The predicted molar refractivity (Wildman–Crippen MR) is 295 cm³/mol. The SMILES string of the molecule is CC(C)(C)c1ccc(N2C3=C(B4c5c(cc6c(c52)C(C)(C)c2ccccc2-6)-c2cc5ccccc5c5c6ccccc6n4c25)C(C)(C)c2cc4c(cc23)C(C)(C)CCC4(C)C)c(-c2ccccc2)c1. The molecule has 2 aliphatic heterocycles. The van der Waals surface area contributed by atoms with E-state index in [1.165, 1.54) is 146 Å². The highest BCUT2D eigenvalue weighted by Crippen LogP contribution is 2.64. The molecule has 0 amide bonds. The van der Waals surface area contributed by atoms with Gasteiger partial charge in [-0.1, -0.05) is 185 Å². The second kappa shape index (κ2) is 13.2. The third-order valence-corrected chi connectivity index (χ3v) is 18.1. The maximum Gasteiger partial charge on any atom is 0.329 e. The van der Waals surface area contributed by atoms with Gasteiger partial charge in [-0.05, 0) is 143 Å². The van der Waals surface area contributed by atoms with Gasteiger partial charge in [-0.3, -0.25) is 0 Å². The van der Waals surface area contributed by atoms with Crippen molar-refractivity contribution < 1.29 is 0 Å². The molecule has 0 atom stereocenters. The number of aromatic nitrogens is 1. The van der Waals surface area contributed by atoms with Crippen molar-refractivity contribution >= 4 is 62.0 Å². The molecule has 8 aromatic carbocycles. The van der Waals surface area contributed by atoms with Crippen LogP contribution in [0.15, 0.2) is 151 Å². The summed E-state index contributed by atoms with van der Waals surface area (Å²) in [5.74, 6) is 0. The molecular weight excluding hydrogens is 832 g/mol. The van der Waals surface area contributed by atoms with Crippen molar-refractivity contribution in [3.8, 4) is 33.4 Å². The molecule has 0 bridgehead atoms. The van der Waals surface area contributed by atoms with Gasteiger partial charge < -0.3 is 9.38 Å². The first kappa shape index (κ1) is 41.4. The number of anilines is 2. The van der Waals surface area contributed by atoms with Crippen molar-refractivity contribution in [3.63, 3.8) is 0 Å². The summed E-state index contributed by atoms with van der Waals surface area (Å²) in [4.78, 5) is 2.85. The van der Waals surface area contributed by atoms with Crippen molar-refractivity contribution in [3.05, 3.63) is 190 Å². The molecule has 0 fully saturated rings. The number of fused-ring (bicyclic) bond motifs is 15. The molecule has 69 heavy (non-hydrogen) atoms. The lowest BCUT2D eigenvalue weighted by atomic mass is 9.40. The van der Waals surface area contributed by atoms with Crippen molar-refractivity contribution in [1.29, 1.82) is 0 Å². The first-order valence-electron chi connectivity index (χ1n) is 25.6. The molecule has 3 heterocycles. The summed E-state index contributed by atoms with van der Waals surface area (Å²) in [6.45, 7) is 27.1. The molecule has 3 aliphatic carbocycles. The fraction of sp³-hybridized carbons (Fsp3) is 0.273. The predicted octanol–water partition coefficient (Wildman–Crippen LogP) is 16.7. The molecule has 2 nitrogen and oxygen atoms in total. The Hall–Kier alpha value is -6.58. The van der Waals surface area contributed by atoms with E-state index in [9.17, 15) is 0 Å². The fourth-order valence-electron chi connectivity index (χ4n) is 14.4. The van der Waals surface area contributed by atoms with Crippen molar-refractivity contribution in [2.45, 2.75) is 116 Å². The van der Waals surface area contributed by atoms with E-state index in [0.29, 0.717) is 0 Å². The molecule has 5 aliphatic rings. The first-order chi connectivity index (χ1) is 32.9. The van der Waals surface area contributed by atoms with E-state index in [2.05, 4.69) is 231 Å². The lowest BCUT2D eigenvalue weighted by Gasteiger charge is -2.45. The monoisotopic (exact) mass is 892 g/mol. The van der Waals surface area contributed by atoms with Gasteiger partial charge in [0.1, 0.15) is 0 Å². The molecule has 0 saturated carbocycles. The summed E-state index contributed by atoms with van der Waals surface area (Å²) < 4.78 is 2.83. The largest absolute Gasteiger partial charge is 0.376 e. The summed E-state index contributed by atoms with van der Waals surface area (Å²) in [7, 11) is 0. The van der Waals surface area contributed by atoms with Crippen molar-refractivity contribution in [2.75, 3.05) is 4.90 Å². The normalized spacial score (nSPS) is 18.3. The Labute approximate surface area is 408 Å². The van der Waals surface area contributed by atoms with Gasteiger partial charge in [-0.2, -0.15) is 0 Å². The molecule has 14 rings (SSSR count). The van der Waals surface area contributed by atoms with Gasteiger partial charge in [-0.25, -0.2) is 0 Å². The molecule has 0 unspecified atom stereocenters. The summed E-state index contributed by atoms with van der Waals surface area (Å²) in [6, 6.07) is 57.1. The molecule has 0 radical (unpaired) electrons. The Morgan fingerprint density at radius 3 is 1.93 bits per heavy atom. The Kier molecular flexibility index (Phi) is 7.91. The van der Waals surface area contributed by atoms with E-state index in [1.54, 1.807) is 0 Å². The number of hydrogen-bond acceptors (Lipinski definition) is 1. The molecule has 0 saturated heterocycles. The minimum absolute atomic E-state index is 0.0387. The highest BCUT2D eigenvalue weighted by molar-refractivity contribution is 6.86. The van der Waals surface area contributed by atoms with Crippen LogP contribution >= 0.6 is 0 Å². The van der Waals surface area contributed by atoms with E-state index in [4.69, 9.17) is 0 Å². The Bertz CT molecular complexity index is 3830. The molecule has 0 N–H and O–H groups in total. The number of hydrogen-bond donors (Lipinski definition) is 0. The molecule has 338 valence electrons. The van der Waals surface area contributed by atoms with Crippen LogP contribution in [0.2, 0.25) is 0 Å². The van der Waals surface area contributed by atoms with Gasteiger partial charge in [0.2, 0.25) is 0 Å². The van der Waals surface area contributed by atoms with Gasteiger partial charge >= 0.3 is 6.85 Å². The summed E-state index contributed by atoms with van der Waals surface area (Å²) in [5.41, 5.74) is 27.0. The average Bonchev–Trinajstić information content (AvgIpc) is 3.89. The van der Waals surface area contributed by atoms with Crippen molar-refractivity contribution in [2.24, 2.45) is 0 Å². The van der Waals surface area contributed by atoms with Gasteiger partial charge in [-0.15, -0.1) is 0 Å². The maximum absolute atomic E-state index is 2.85. The van der Waals surface area contributed by atoms with Crippen LogP contribution in [-0.2, 0) is 27.1 Å². The van der Waals surface area contributed by atoms with Crippen LogP contribution in [0.3, 0.4) is 0 Å². The highest BCUT2D eigenvalue weighted by atomic mass is 15.2. The number of allylic oxidation sites excluding steroid dienone is 1. The van der Waals surface area contributed by atoms with Crippen LogP contribution in [-0.4, -0.2) is 11.3 Å². The molecule has 1 aromatic heterocycles. The van der Waals surface area contributed by atoms with E-state index in [1.807, 2.05) is 0 Å². The van der Waals surface area contributed by atoms with Gasteiger partial charge in [0.15, 0.2) is 0 Å². The van der Waals surface area contributed by atoms with Crippen LogP contribution in [0.25, 0.3) is 71.7 Å². The Balaban J connectivity index is 1.23. The standard InChI is InChI=1S/C66H61BN2/c1-62(2,3)40-29-30-53(44(34-40)38-21-13-12-14-22-38)68-59-48-36-51-52(64(6,7)32-31-63(51,4)5)37-50(48)66(10,11)61(59)67-57-46(35-45-42-25-17-19-27-49(42)65(8,9)56(45)60(57)68)47-33-39-23-15-16-24-41(39)55-43-26-18-20-28-54(43)69(67)58(47)55/h12-30,33-37H,31-32H2,1-11H3. The minimum Gasteiger partial charge on any atom is -0.376 e. The average molecular weight is 893 g/mol. The van der Waals surface area contributed by atoms with E-state index < -0.39 is 0 Å². The number of rotatable bonds is 2. The number of para-hydroxylation sites is 1. The number of benzene rings is 8. The summed E-state index contributed by atoms with van der Waals surface area (Å²) in [5, 5.41) is 5.32. The third-order valence-electron chi connectivity index (χ3n) is 18.1. The Morgan fingerprint density at radius 2 is 1.17 bits per heavy atom. The van der Waals surface area contributed by atoms with Crippen LogP contribution in [0, 0.1) is 0 Å². The minimum atomic E-state index is -0.322. The van der Waals surface area contributed by atoms with Gasteiger partial charge in [0.25, 0.3) is 0 Å². The van der Waals surface area contributed by atoms with E-state index >= 15 is 0 Å². The number of nitrogens with zero attached hydrogens (tertiary/aromatic N) is 2. The zero-order chi connectivity index (χ0) is 47.5. The topological polar surface area (TPSA) is 8.17 Å². The van der Waals surface area contributed by atoms with Crippen LogP contribution < -0.4 is 10.4 Å². The molecule has 9 aromatic rings. The Morgan fingerprint density at radius 1 is 0.507 bits per heavy atom. The second-order valence-corrected chi connectivity index (χ2v) is 24.7. The zero-order valence-electron chi connectivity index (χ0n) is 42.2. The summed E-state index contributed by atoms with van der Waals surface area (Å²) in [6.07, 6.45) is 2.35. The van der Waals surface area contributed by atoms with Crippen LogP contribution in [0.5, 0.6) is 0 Å². The quantitative estimate of drug-likeness (QED) is 0.157. The fourth-order valence-corrected chi connectivity index (χ4v) is 14.4. The highest BCUT2D eigenvalue weighted by Gasteiger charge is 2.57. The first-order valence-corrected chi connectivity index (χ1v) is 25.6. The van der Waals surface area contributed by atoms with E-state index in [-0.39, 0.29) is 33.9 Å². The lowest BCUT2D eigenvalue weighted by molar-refractivity contribution is 0.331. The van der Waals surface area contributed by atoms with Crippen molar-refractivity contribution in [1.82, 2.24) is 4.48 Å². The smallest absolute Gasteiger partial charge is 0.329 e. The van der Waals surface area contributed by atoms with E-state index in [0.717, 1.165) is 0 Å². The molecule has 3 heteroatoms. The third kappa shape index (κ3) is 5.19.